The van der Waals surface area contributed by atoms with E-state index in [-0.39, 0.29) is 23.7 Å². The van der Waals surface area contributed by atoms with Gasteiger partial charge in [-0.05, 0) is 13.8 Å². The van der Waals surface area contributed by atoms with Gasteiger partial charge in [0.2, 0.25) is 0 Å². The van der Waals surface area contributed by atoms with Crippen LogP contribution >= 0.6 is 11.3 Å². The number of hydrogen-bond acceptors (Lipinski definition) is 4. The maximum atomic E-state index is 12.0. The van der Waals surface area contributed by atoms with E-state index in [0.717, 1.165) is 11.3 Å². The monoisotopic (exact) mass is 258 g/mol. The molecule has 0 bridgehead atoms. The van der Waals surface area contributed by atoms with Gasteiger partial charge in [0.05, 0.1) is 6.42 Å². The molecule has 1 rings (SSSR count). The highest BCUT2D eigenvalue weighted by Crippen LogP contribution is 2.12. The van der Waals surface area contributed by atoms with Gasteiger partial charge >= 0.3 is 10.8 Å². The summed E-state index contributed by atoms with van der Waals surface area (Å²) >= 11 is 0.851. The molecule has 6 nitrogen and oxygen atoms in total. The van der Waals surface area contributed by atoms with Gasteiger partial charge in [0.15, 0.2) is 0 Å². The number of aromatic amines is 1. The van der Waals surface area contributed by atoms with Gasteiger partial charge in [0, 0.05) is 18.8 Å². The third-order valence-electron chi connectivity index (χ3n) is 2.28. The highest BCUT2D eigenvalue weighted by Gasteiger charge is 2.19. The van der Waals surface area contributed by atoms with Gasteiger partial charge < -0.3 is 15.0 Å². The number of rotatable bonds is 5. The number of nitrogens with one attached hydrogen (secondary N) is 1. The number of nitrogens with zero attached hydrogens (tertiary/aromatic N) is 1. The Morgan fingerprint density at radius 3 is 2.53 bits per heavy atom. The summed E-state index contributed by atoms with van der Waals surface area (Å²) in [6, 6.07) is 0. The van der Waals surface area contributed by atoms with Crippen molar-refractivity contribution in [2.75, 3.05) is 13.1 Å². The van der Waals surface area contributed by atoms with Crippen LogP contribution in [0.25, 0.3) is 0 Å². The number of amides is 1. The second-order valence-corrected chi connectivity index (χ2v) is 4.48. The van der Waals surface area contributed by atoms with Gasteiger partial charge in [-0.3, -0.25) is 14.4 Å². The molecule has 0 fully saturated rings. The van der Waals surface area contributed by atoms with Gasteiger partial charge in [0.25, 0.3) is 5.91 Å². The number of hydrogen-bond donors (Lipinski definition) is 2. The zero-order chi connectivity index (χ0) is 13.0. The molecule has 0 atom stereocenters. The van der Waals surface area contributed by atoms with Crippen LogP contribution in [-0.4, -0.2) is 40.0 Å². The number of aliphatic carboxylic acids is 1. The van der Waals surface area contributed by atoms with E-state index >= 15 is 0 Å². The van der Waals surface area contributed by atoms with Crippen molar-refractivity contribution in [1.29, 1.82) is 0 Å². The third-order valence-corrected chi connectivity index (χ3v) is 3.26. The first-order chi connectivity index (χ1) is 7.95. The van der Waals surface area contributed by atoms with Gasteiger partial charge in [0.1, 0.15) is 4.88 Å². The number of carboxylic acid groups (broad SMARTS) is 1. The summed E-state index contributed by atoms with van der Waals surface area (Å²) in [4.78, 5) is 37.6. The Hall–Kier alpha value is -1.63. The third kappa shape index (κ3) is 3.42. The lowest BCUT2D eigenvalue weighted by Crippen LogP contribution is -2.32. The lowest BCUT2D eigenvalue weighted by atomic mass is 10.3. The number of H-pyrrole nitrogens is 1. The maximum Gasteiger partial charge on any atom is 0.305 e. The Labute approximate surface area is 102 Å². The first-order valence-corrected chi connectivity index (χ1v) is 5.98. The molecule has 0 aliphatic carbocycles. The van der Waals surface area contributed by atoms with Crippen molar-refractivity contribution in [2.24, 2.45) is 0 Å². The summed E-state index contributed by atoms with van der Waals surface area (Å²) in [5.41, 5.74) is 0.527. The van der Waals surface area contributed by atoms with Gasteiger partial charge in [-0.25, -0.2) is 0 Å². The molecule has 1 amide bonds. The largest absolute Gasteiger partial charge is 0.481 e. The minimum atomic E-state index is -0.949. The molecule has 0 saturated heterocycles. The lowest BCUT2D eigenvalue weighted by molar-refractivity contribution is -0.137. The van der Waals surface area contributed by atoms with Crippen LogP contribution in [0, 0.1) is 6.92 Å². The van der Waals surface area contributed by atoms with Crippen LogP contribution in [0.5, 0.6) is 0 Å². The average Bonchev–Trinajstić information content (AvgIpc) is 2.58. The molecule has 1 aromatic rings. The second kappa shape index (κ2) is 5.62. The first kappa shape index (κ1) is 13.4. The maximum absolute atomic E-state index is 12.0. The molecule has 7 heteroatoms. The van der Waals surface area contributed by atoms with E-state index < -0.39 is 5.97 Å². The summed E-state index contributed by atoms with van der Waals surface area (Å²) in [6.45, 7) is 3.98. The van der Waals surface area contributed by atoms with E-state index in [2.05, 4.69) is 4.98 Å². The van der Waals surface area contributed by atoms with Crippen LogP contribution < -0.4 is 4.87 Å². The predicted octanol–water partition coefficient (Wildman–Crippen LogP) is 0.682. The highest BCUT2D eigenvalue weighted by atomic mass is 32.1. The lowest BCUT2D eigenvalue weighted by Gasteiger charge is -2.19. The van der Waals surface area contributed by atoms with E-state index in [1.807, 2.05) is 0 Å². The average molecular weight is 258 g/mol. The summed E-state index contributed by atoms with van der Waals surface area (Å²) in [5.74, 6) is -1.25. The zero-order valence-corrected chi connectivity index (χ0v) is 10.5. The molecular weight excluding hydrogens is 244 g/mol. The number of carbonyl (C=O) groups is 2. The second-order valence-electron chi connectivity index (χ2n) is 3.50. The number of aryl methyl sites for hydroxylation is 1. The smallest absolute Gasteiger partial charge is 0.305 e. The van der Waals surface area contributed by atoms with Crippen LogP contribution in [0.2, 0.25) is 0 Å². The molecule has 17 heavy (non-hydrogen) atoms. The highest BCUT2D eigenvalue weighted by molar-refractivity contribution is 7.11. The van der Waals surface area contributed by atoms with E-state index in [9.17, 15) is 14.4 Å². The van der Waals surface area contributed by atoms with E-state index in [4.69, 9.17) is 5.11 Å². The van der Waals surface area contributed by atoms with E-state index in [1.165, 1.54) is 4.90 Å². The van der Waals surface area contributed by atoms with Gasteiger partial charge in [-0.1, -0.05) is 11.3 Å². The molecule has 0 spiro atoms. The molecule has 1 heterocycles. The van der Waals surface area contributed by atoms with Crippen molar-refractivity contribution < 1.29 is 14.7 Å². The topological polar surface area (TPSA) is 90.5 Å². The Kier molecular flexibility index (Phi) is 4.45. The Morgan fingerprint density at radius 1 is 1.47 bits per heavy atom. The predicted molar refractivity (Wildman–Crippen MR) is 63.5 cm³/mol. The molecular formula is C10H14N2O4S. The Bertz CT molecular complexity index is 477. The van der Waals surface area contributed by atoms with Crippen LogP contribution in [0.4, 0.5) is 0 Å². The van der Waals surface area contributed by atoms with Crippen molar-refractivity contribution in [1.82, 2.24) is 9.88 Å². The SMILES string of the molecule is CCN(CCC(=O)O)C(=O)c1sc(=O)[nH]c1C. The van der Waals surface area contributed by atoms with Crippen LogP contribution in [0.15, 0.2) is 4.79 Å². The molecule has 2 N–H and O–H groups in total. The van der Waals surface area contributed by atoms with Crippen LogP contribution in [0.1, 0.15) is 28.7 Å². The molecule has 0 aliphatic rings. The summed E-state index contributed by atoms with van der Waals surface area (Å²) in [5, 5.41) is 8.58. The molecule has 0 unspecified atom stereocenters. The van der Waals surface area contributed by atoms with Crippen molar-refractivity contribution >= 4 is 23.2 Å². The minimum Gasteiger partial charge on any atom is -0.481 e. The number of aromatic nitrogens is 1. The van der Waals surface area contributed by atoms with E-state index in [0.29, 0.717) is 17.1 Å². The molecule has 0 radical (unpaired) electrons. The van der Waals surface area contributed by atoms with Crippen molar-refractivity contribution in [3.8, 4) is 0 Å². The van der Waals surface area contributed by atoms with Crippen molar-refractivity contribution in [3.63, 3.8) is 0 Å². The fourth-order valence-electron chi connectivity index (χ4n) is 1.39. The summed E-state index contributed by atoms with van der Waals surface area (Å²) < 4.78 is 0. The fraction of sp³-hybridized carbons (Fsp3) is 0.500. The molecule has 0 aromatic carbocycles. The minimum absolute atomic E-state index is 0.0993. The van der Waals surface area contributed by atoms with Crippen molar-refractivity contribution in [3.05, 3.63) is 20.2 Å². The van der Waals surface area contributed by atoms with Crippen molar-refractivity contribution in [2.45, 2.75) is 20.3 Å². The molecule has 94 valence electrons. The number of carboxylic acids is 1. The Morgan fingerprint density at radius 2 is 2.12 bits per heavy atom. The molecule has 0 aliphatic heterocycles. The standard InChI is InChI=1S/C10H14N2O4S/c1-3-12(5-4-7(13)14)9(15)8-6(2)11-10(16)17-8/h3-5H2,1-2H3,(H,11,16)(H,13,14). The quantitative estimate of drug-likeness (QED) is 0.812. The molecule has 1 aromatic heterocycles. The van der Waals surface area contributed by atoms with Gasteiger partial charge in [-0.15, -0.1) is 0 Å². The number of carbonyl (C=O) groups excluding carboxylic acids is 1. The summed E-state index contributed by atoms with van der Waals surface area (Å²) in [7, 11) is 0. The Balaban J connectivity index is 2.82. The fourth-order valence-corrected chi connectivity index (χ4v) is 2.20. The summed E-state index contributed by atoms with van der Waals surface area (Å²) in [6.07, 6.45) is -0.0993. The number of thiazole rings is 1. The first-order valence-electron chi connectivity index (χ1n) is 5.16. The van der Waals surface area contributed by atoms with Crippen LogP contribution in [0.3, 0.4) is 0 Å². The molecule has 0 saturated carbocycles. The van der Waals surface area contributed by atoms with Gasteiger partial charge in [-0.2, -0.15) is 0 Å². The van der Waals surface area contributed by atoms with Crippen LogP contribution in [-0.2, 0) is 4.79 Å². The zero-order valence-electron chi connectivity index (χ0n) is 9.65. The normalized spacial score (nSPS) is 10.2. The van der Waals surface area contributed by atoms with E-state index in [1.54, 1.807) is 13.8 Å².